The third kappa shape index (κ3) is 5.08. The lowest BCUT2D eigenvalue weighted by atomic mass is 9.92. The zero-order chi connectivity index (χ0) is 26.6. The van der Waals surface area contributed by atoms with Crippen LogP contribution in [0.1, 0.15) is 36.1 Å². The first kappa shape index (κ1) is 26.3. The number of benzene rings is 1. The quantitative estimate of drug-likeness (QED) is 0.493. The second-order valence-electron chi connectivity index (χ2n) is 8.78. The largest absolute Gasteiger partial charge is 0.495 e. The molecule has 1 unspecified atom stereocenters. The molecule has 0 aliphatic heterocycles. The van der Waals surface area contributed by atoms with Crippen molar-refractivity contribution in [3.63, 3.8) is 0 Å². The molecule has 8 heteroatoms. The molecule has 1 N–H and O–H groups in total. The second kappa shape index (κ2) is 11.1. The summed E-state index contributed by atoms with van der Waals surface area (Å²) in [6.45, 7) is 2.30. The summed E-state index contributed by atoms with van der Waals surface area (Å²) in [5.41, 5.74) is 5.09. The smallest absolute Gasteiger partial charge is 0.287 e. The average molecular weight is 507 g/mol. The van der Waals surface area contributed by atoms with E-state index in [1.165, 1.54) is 40.6 Å². The lowest BCUT2D eigenvalue weighted by Crippen LogP contribution is -2.41. The zero-order valence-electron chi connectivity index (χ0n) is 21.6. The van der Waals surface area contributed by atoms with E-state index in [4.69, 9.17) is 18.9 Å². The fraction of sp³-hybridized carbons (Fsp3) is 0.310. The van der Waals surface area contributed by atoms with Gasteiger partial charge in [-0.3, -0.25) is 9.78 Å². The molecule has 0 spiro atoms. The monoisotopic (exact) mass is 506 g/mol. The van der Waals surface area contributed by atoms with E-state index in [0.29, 0.717) is 18.1 Å². The highest BCUT2D eigenvalue weighted by Gasteiger charge is 2.44. The van der Waals surface area contributed by atoms with Crippen molar-refractivity contribution in [1.82, 2.24) is 10.3 Å². The zero-order valence-corrected chi connectivity index (χ0v) is 21.6. The van der Waals surface area contributed by atoms with E-state index in [1.54, 1.807) is 12.3 Å². The number of rotatable bonds is 9. The van der Waals surface area contributed by atoms with Gasteiger partial charge < -0.3 is 24.3 Å². The molecule has 0 bridgehead atoms. The fourth-order valence-electron chi connectivity index (χ4n) is 4.88. The van der Waals surface area contributed by atoms with Gasteiger partial charge in [-0.05, 0) is 71.7 Å². The summed E-state index contributed by atoms with van der Waals surface area (Å²) >= 11 is 0. The summed E-state index contributed by atoms with van der Waals surface area (Å²) in [5, 5.41) is 2.92. The van der Waals surface area contributed by atoms with Crippen LogP contribution in [0.5, 0.6) is 0 Å². The molecule has 1 amide bonds. The first-order valence-electron chi connectivity index (χ1n) is 11.9. The highest BCUT2D eigenvalue weighted by Crippen LogP contribution is 2.46. The minimum absolute atomic E-state index is 0.134. The minimum Gasteiger partial charge on any atom is -0.495 e. The maximum atomic E-state index is 14.3. The molecule has 194 valence electrons. The molecule has 2 aliphatic carbocycles. The number of fused-ring (bicyclic) bond motifs is 1. The second-order valence-corrected chi connectivity index (χ2v) is 8.78. The van der Waals surface area contributed by atoms with Crippen molar-refractivity contribution in [2.75, 3.05) is 28.4 Å². The Morgan fingerprint density at radius 1 is 1.08 bits per heavy atom. The number of amides is 1. The van der Waals surface area contributed by atoms with E-state index < -0.39 is 5.79 Å². The number of nitrogens with one attached hydrogen (secondary N) is 1. The number of hydrogen-bond acceptors (Lipinski definition) is 6. The van der Waals surface area contributed by atoms with Crippen LogP contribution in [-0.2, 0) is 30.3 Å². The number of carbonyl (C=O) groups excluding carboxylic acids is 1. The molecule has 7 nitrogen and oxygen atoms in total. The number of nitrogens with zero attached hydrogens (tertiary/aromatic N) is 1. The molecule has 0 fully saturated rings. The first-order chi connectivity index (χ1) is 17.9. The highest BCUT2D eigenvalue weighted by atomic mass is 19.1. The third-order valence-corrected chi connectivity index (χ3v) is 6.78. The Hall–Kier alpha value is -3.75. The summed E-state index contributed by atoms with van der Waals surface area (Å²) < 4.78 is 36.7. The van der Waals surface area contributed by atoms with Crippen LogP contribution in [0.4, 0.5) is 4.39 Å². The summed E-state index contributed by atoms with van der Waals surface area (Å²) in [4.78, 5) is 17.1. The molecule has 2 aliphatic rings. The van der Waals surface area contributed by atoms with Gasteiger partial charge in [-0.2, -0.15) is 0 Å². The number of ether oxygens (including phenoxy) is 4. The van der Waals surface area contributed by atoms with E-state index >= 15 is 0 Å². The van der Waals surface area contributed by atoms with Crippen LogP contribution in [0.3, 0.4) is 0 Å². The van der Waals surface area contributed by atoms with Crippen LogP contribution in [0.15, 0.2) is 83.5 Å². The lowest BCUT2D eigenvalue weighted by molar-refractivity contribution is -0.195. The summed E-state index contributed by atoms with van der Waals surface area (Å²) in [7, 11) is 6.09. The van der Waals surface area contributed by atoms with Gasteiger partial charge >= 0.3 is 0 Å². The van der Waals surface area contributed by atoms with Crippen LogP contribution < -0.4 is 5.32 Å². The van der Waals surface area contributed by atoms with Crippen LogP contribution in [-0.4, -0.2) is 45.1 Å². The Balaban J connectivity index is 1.68. The molecule has 1 atom stereocenters. The van der Waals surface area contributed by atoms with Crippen molar-refractivity contribution in [3.05, 3.63) is 106 Å². The maximum absolute atomic E-state index is 14.3. The van der Waals surface area contributed by atoms with E-state index in [0.717, 1.165) is 33.5 Å². The lowest BCUT2D eigenvalue weighted by Gasteiger charge is -2.35. The number of aromatic nitrogens is 1. The van der Waals surface area contributed by atoms with Gasteiger partial charge in [0, 0.05) is 32.8 Å². The van der Waals surface area contributed by atoms with Crippen molar-refractivity contribution in [3.8, 4) is 0 Å². The standard InChI is InChI=1S/C29H31FN2O5/c1-18-23(12-19-13-26(34-2)29(36-4,37-5)27(14-19)35-3)22-10-9-20(30)15-25(22)24(18)16-28(33)32-17-21-8-6-7-11-31-21/h6-15,24H,16-17H2,1-5H3,(H,32,33). The van der Waals surface area contributed by atoms with Gasteiger partial charge in [-0.1, -0.05) is 17.7 Å². The molecule has 4 rings (SSSR count). The molecule has 0 saturated carbocycles. The molecule has 0 radical (unpaired) electrons. The minimum atomic E-state index is -1.30. The third-order valence-electron chi connectivity index (χ3n) is 6.78. The Labute approximate surface area is 216 Å². The Morgan fingerprint density at radius 2 is 1.78 bits per heavy atom. The molecular formula is C29H31FN2O5. The van der Waals surface area contributed by atoms with E-state index in [1.807, 2.05) is 43.4 Å². The van der Waals surface area contributed by atoms with Crippen molar-refractivity contribution in [2.45, 2.75) is 31.6 Å². The number of carbonyl (C=O) groups is 1. The number of pyridine rings is 1. The molecule has 0 saturated heterocycles. The Morgan fingerprint density at radius 3 is 2.38 bits per heavy atom. The molecular weight excluding hydrogens is 475 g/mol. The van der Waals surface area contributed by atoms with Gasteiger partial charge in [-0.25, -0.2) is 4.39 Å². The fourth-order valence-corrected chi connectivity index (χ4v) is 4.88. The molecule has 37 heavy (non-hydrogen) atoms. The van der Waals surface area contributed by atoms with Crippen LogP contribution >= 0.6 is 0 Å². The Bertz CT molecular complexity index is 1270. The number of methoxy groups -OCH3 is 4. The van der Waals surface area contributed by atoms with Crippen molar-refractivity contribution in [2.24, 2.45) is 0 Å². The van der Waals surface area contributed by atoms with Gasteiger partial charge in [-0.15, -0.1) is 0 Å². The highest BCUT2D eigenvalue weighted by molar-refractivity contribution is 5.88. The normalized spacial score (nSPS) is 18.1. The topological polar surface area (TPSA) is 78.9 Å². The summed E-state index contributed by atoms with van der Waals surface area (Å²) in [6.07, 6.45) is 7.48. The first-order valence-corrected chi connectivity index (χ1v) is 11.9. The van der Waals surface area contributed by atoms with E-state index in [2.05, 4.69) is 10.3 Å². The Kier molecular flexibility index (Phi) is 7.90. The van der Waals surface area contributed by atoms with Gasteiger partial charge in [0.05, 0.1) is 26.5 Å². The predicted octanol–water partition coefficient (Wildman–Crippen LogP) is 4.79. The molecule has 1 aromatic carbocycles. The summed E-state index contributed by atoms with van der Waals surface area (Å²) in [6, 6.07) is 10.3. The van der Waals surface area contributed by atoms with Crippen molar-refractivity contribution in [1.29, 1.82) is 0 Å². The SMILES string of the molecule is COC1=CC(=CC2=C(C)C(CC(=O)NCc3ccccn3)c3cc(F)ccc32)C=C(OC)C1(OC)OC. The van der Waals surface area contributed by atoms with E-state index in [9.17, 15) is 9.18 Å². The van der Waals surface area contributed by atoms with Crippen LogP contribution in [0.2, 0.25) is 0 Å². The van der Waals surface area contributed by atoms with Crippen molar-refractivity contribution >= 4 is 11.5 Å². The number of allylic oxidation sites excluding steroid dienone is 6. The molecule has 2 aromatic rings. The van der Waals surface area contributed by atoms with Gasteiger partial charge in [0.15, 0.2) is 11.5 Å². The van der Waals surface area contributed by atoms with Gasteiger partial charge in [0.25, 0.3) is 5.79 Å². The number of halogens is 1. The van der Waals surface area contributed by atoms with Crippen LogP contribution in [0.25, 0.3) is 5.57 Å². The van der Waals surface area contributed by atoms with Crippen molar-refractivity contribution < 1.29 is 28.1 Å². The summed E-state index contributed by atoms with van der Waals surface area (Å²) in [5.74, 6) is -1.20. The van der Waals surface area contributed by atoms with E-state index in [-0.39, 0.29) is 24.1 Å². The van der Waals surface area contributed by atoms with Crippen LogP contribution in [0, 0.1) is 5.82 Å². The average Bonchev–Trinajstić information content (AvgIpc) is 3.16. The van der Waals surface area contributed by atoms with Gasteiger partial charge in [0.1, 0.15) is 5.82 Å². The maximum Gasteiger partial charge on any atom is 0.287 e. The number of hydrogen-bond donors (Lipinski definition) is 1. The van der Waals surface area contributed by atoms with Gasteiger partial charge in [0.2, 0.25) is 5.91 Å². The molecule has 1 aromatic heterocycles. The molecule has 1 heterocycles. The predicted molar refractivity (Wildman–Crippen MR) is 137 cm³/mol.